The maximum absolute atomic E-state index is 10.7. The fourth-order valence-corrected chi connectivity index (χ4v) is 8.98. The molecule has 158 valence electrons. The summed E-state index contributed by atoms with van der Waals surface area (Å²) in [5.74, 6) is 2.50. The molecule has 3 heteroatoms. The Morgan fingerprint density at radius 3 is 2.32 bits per heavy atom. The monoisotopic (exact) mass is 388 g/mol. The largest absolute Gasteiger partial charge is 0.392 e. The molecule has 4 unspecified atom stereocenters. The molecule has 1 heterocycles. The second kappa shape index (κ2) is 6.08. The van der Waals surface area contributed by atoms with Crippen LogP contribution >= 0.6 is 0 Å². The summed E-state index contributed by atoms with van der Waals surface area (Å²) in [6.45, 7) is 13.3. The lowest BCUT2D eigenvalue weighted by atomic mass is 9.44. The summed E-state index contributed by atoms with van der Waals surface area (Å²) in [4.78, 5) is 0. The van der Waals surface area contributed by atoms with E-state index in [1.54, 1.807) is 5.57 Å². The van der Waals surface area contributed by atoms with E-state index in [1.807, 2.05) is 0 Å². The normalized spacial score (nSPS) is 51.8. The van der Waals surface area contributed by atoms with Crippen molar-refractivity contribution in [2.24, 2.45) is 39.9 Å². The number of aliphatic hydroxyl groups is 1. The van der Waals surface area contributed by atoms with Crippen molar-refractivity contribution in [1.82, 2.24) is 0 Å². The molecule has 5 rings (SSSR count). The molecule has 1 aliphatic heterocycles. The highest BCUT2D eigenvalue weighted by Gasteiger charge is 2.64. The van der Waals surface area contributed by atoms with Gasteiger partial charge in [-0.1, -0.05) is 39.3 Å². The summed E-state index contributed by atoms with van der Waals surface area (Å²) in [6.07, 6.45) is 10.9. The first-order valence-corrected chi connectivity index (χ1v) is 11.8. The van der Waals surface area contributed by atoms with Gasteiger partial charge in [0.25, 0.3) is 0 Å². The van der Waals surface area contributed by atoms with Gasteiger partial charge in [-0.05, 0) is 80.5 Å². The Bertz CT molecular complexity index is 675. The molecule has 4 aliphatic carbocycles. The Balaban J connectivity index is 1.48. The van der Waals surface area contributed by atoms with Crippen LogP contribution in [-0.2, 0) is 9.47 Å². The smallest absolute Gasteiger partial charge is 0.169 e. The van der Waals surface area contributed by atoms with Gasteiger partial charge in [-0.3, -0.25) is 0 Å². The van der Waals surface area contributed by atoms with Crippen LogP contribution in [0.1, 0.15) is 79.6 Å². The van der Waals surface area contributed by atoms with Gasteiger partial charge in [0.1, 0.15) is 0 Å². The van der Waals surface area contributed by atoms with Gasteiger partial charge in [0.15, 0.2) is 5.79 Å². The van der Waals surface area contributed by atoms with E-state index in [2.05, 4.69) is 40.7 Å². The van der Waals surface area contributed by atoms with Gasteiger partial charge in [-0.15, -0.1) is 0 Å². The van der Waals surface area contributed by atoms with Crippen LogP contribution in [0.3, 0.4) is 0 Å². The molecule has 0 radical (unpaired) electrons. The van der Waals surface area contributed by atoms with Crippen LogP contribution in [0, 0.1) is 39.9 Å². The summed E-state index contributed by atoms with van der Waals surface area (Å²) in [7, 11) is 0. The quantitative estimate of drug-likeness (QED) is 0.617. The highest BCUT2D eigenvalue weighted by Crippen LogP contribution is 2.69. The zero-order valence-corrected chi connectivity index (χ0v) is 18.6. The molecule has 1 N–H and O–H groups in total. The number of fused-ring (bicyclic) bond motifs is 5. The lowest BCUT2D eigenvalue weighted by Gasteiger charge is -2.61. The molecule has 5 aliphatic rings. The summed E-state index contributed by atoms with van der Waals surface area (Å²) in [5.41, 5.74) is 2.10. The maximum atomic E-state index is 10.7. The summed E-state index contributed by atoms with van der Waals surface area (Å²) < 4.78 is 12.3. The minimum absolute atomic E-state index is 0.0735. The number of hydrogen-bond acceptors (Lipinski definition) is 3. The molecule has 0 aromatic heterocycles. The molecule has 0 bridgehead atoms. The molecule has 0 spiro atoms. The molecule has 3 saturated carbocycles. The van der Waals surface area contributed by atoms with Gasteiger partial charge in [-0.25, -0.2) is 0 Å². The Morgan fingerprint density at radius 1 is 0.893 bits per heavy atom. The number of aliphatic hydroxyl groups excluding tert-OH is 1. The molecule has 4 fully saturated rings. The van der Waals surface area contributed by atoms with Crippen molar-refractivity contribution in [2.45, 2.75) is 91.5 Å². The maximum Gasteiger partial charge on any atom is 0.169 e. The Labute approximate surface area is 171 Å². The molecule has 7 atom stereocenters. The zero-order chi connectivity index (χ0) is 19.9. The highest BCUT2D eigenvalue weighted by atomic mass is 16.7. The summed E-state index contributed by atoms with van der Waals surface area (Å²) in [6, 6.07) is 0. The number of allylic oxidation sites excluding steroid dienone is 1. The molecule has 28 heavy (non-hydrogen) atoms. The molecular weight excluding hydrogens is 348 g/mol. The van der Waals surface area contributed by atoms with Crippen molar-refractivity contribution < 1.29 is 14.6 Å². The van der Waals surface area contributed by atoms with Crippen LogP contribution in [0.5, 0.6) is 0 Å². The minimum Gasteiger partial charge on any atom is -0.392 e. The Kier molecular flexibility index (Phi) is 4.25. The van der Waals surface area contributed by atoms with Gasteiger partial charge in [0, 0.05) is 11.3 Å². The highest BCUT2D eigenvalue weighted by molar-refractivity contribution is 5.31. The predicted molar refractivity (Wildman–Crippen MR) is 111 cm³/mol. The molecule has 0 aromatic carbocycles. The van der Waals surface area contributed by atoms with Crippen molar-refractivity contribution in [2.75, 3.05) is 13.2 Å². The Morgan fingerprint density at radius 2 is 1.61 bits per heavy atom. The van der Waals surface area contributed by atoms with Gasteiger partial charge in [0.05, 0.1) is 19.3 Å². The first kappa shape index (κ1) is 19.6. The topological polar surface area (TPSA) is 38.7 Å². The van der Waals surface area contributed by atoms with Gasteiger partial charge < -0.3 is 14.6 Å². The third-order valence-electron chi connectivity index (χ3n) is 10.4. The lowest BCUT2D eigenvalue weighted by Crippen LogP contribution is -2.55. The van der Waals surface area contributed by atoms with E-state index in [-0.39, 0.29) is 22.7 Å². The number of rotatable bonds is 1. The van der Waals surface area contributed by atoms with Crippen LogP contribution < -0.4 is 0 Å². The minimum atomic E-state index is -0.368. The second-order valence-electron chi connectivity index (χ2n) is 11.8. The molecule has 1 saturated heterocycles. The molecular formula is C25H40O3. The van der Waals surface area contributed by atoms with E-state index < -0.39 is 0 Å². The van der Waals surface area contributed by atoms with Crippen LogP contribution in [0.15, 0.2) is 11.6 Å². The first-order valence-electron chi connectivity index (χ1n) is 11.8. The van der Waals surface area contributed by atoms with E-state index in [4.69, 9.17) is 9.47 Å². The fourth-order valence-electron chi connectivity index (χ4n) is 8.98. The summed E-state index contributed by atoms with van der Waals surface area (Å²) >= 11 is 0. The SMILES string of the molecule is CC1(C)C2=CCC3C(CC[C@@]4(C)C3CC[C@@H]4C3(C)OCCO3)[C@@]2(C)CCC1O. The van der Waals surface area contributed by atoms with Crippen molar-refractivity contribution in [3.05, 3.63) is 11.6 Å². The van der Waals surface area contributed by atoms with Crippen LogP contribution in [-0.4, -0.2) is 30.2 Å². The van der Waals surface area contributed by atoms with Gasteiger partial charge in [0.2, 0.25) is 0 Å². The van der Waals surface area contributed by atoms with Crippen LogP contribution in [0.25, 0.3) is 0 Å². The zero-order valence-electron chi connectivity index (χ0n) is 18.6. The average Bonchev–Trinajstić information content (AvgIpc) is 3.22. The van der Waals surface area contributed by atoms with Crippen molar-refractivity contribution in [3.63, 3.8) is 0 Å². The molecule has 3 nitrogen and oxygen atoms in total. The standard InChI is InChI=1S/C25H40O3/c1-22(2)19-8-6-16-17-7-9-20(25(5)27-14-15-28-25)24(17,4)12-10-18(16)23(19,3)13-11-21(22)26/h8,16-18,20-21,26H,6-7,9-15H2,1-5H3/t16?,17?,18?,20-,21?,23+,24-/m0/s1. The lowest BCUT2D eigenvalue weighted by molar-refractivity contribution is -0.214. The van der Waals surface area contributed by atoms with E-state index in [9.17, 15) is 5.11 Å². The van der Waals surface area contributed by atoms with E-state index in [0.29, 0.717) is 11.3 Å². The molecule has 0 amide bonds. The first-order chi connectivity index (χ1) is 13.1. The Hall–Kier alpha value is -0.380. The van der Waals surface area contributed by atoms with Crippen molar-refractivity contribution >= 4 is 0 Å². The third kappa shape index (κ3) is 2.39. The number of hydrogen-bond donors (Lipinski definition) is 1. The second-order valence-corrected chi connectivity index (χ2v) is 11.8. The van der Waals surface area contributed by atoms with E-state index in [0.717, 1.165) is 43.8 Å². The number of ether oxygens (including phenoxy) is 2. The molecule has 0 aromatic rings. The van der Waals surface area contributed by atoms with Crippen LogP contribution in [0.4, 0.5) is 0 Å². The fraction of sp³-hybridized carbons (Fsp3) is 0.920. The predicted octanol–water partition coefficient (Wildman–Crippen LogP) is 5.33. The van der Waals surface area contributed by atoms with Gasteiger partial charge in [-0.2, -0.15) is 0 Å². The third-order valence-corrected chi connectivity index (χ3v) is 10.4. The van der Waals surface area contributed by atoms with Crippen LogP contribution in [0.2, 0.25) is 0 Å². The van der Waals surface area contributed by atoms with E-state index in [1.165, 1.54) is 32.1 Å². The van der Waals surface area contributed by atoms with Gasteiger partial charge >= 0.3 is 0 Å². The van der Waals surface area contributed by atoms with E-state index >= 15 is 0 Å². The van der Waals surface area contributed by atoms with Crippen molar-refractivity contribution in [1.29, 1.82) is 0 Å². The summed E-state index contributed by atoms with van der Waals surface area (Å²) in [5, 5.41) is 10.7. The average molecular weight is 389 g/mol. The van der Waals surface area contributed by atoms with Crippen molar-refractivity contribution in [3.8, 4) is 0 Å².